The van der Waals surface area contributed by atoms with E-state index in [0.717, 1.165) is 19.4 Å². The zero-order valence-electron chi connectivity index (χ0n) is 12.0. The summed E-state index contributed by atoms with van der Waals surface area (Å²) >= 11 is 0. The van der Waals surface area contributed by atoms with Gasteiger partial charge in [-0.1, -0.05) is 0 Å². The third-order valence-corrected chi connectivity index (χ3v) is 3.43. The third-order valence-electron chi connectivity index (χ3n) is 3.43. The standard InChI is InChI=1S/C14H20N2O5/c1-9-12(13(17)18)5-11(21-9)7-16-14(19)15-6-10-3-2-4-20-8-10/h5,10H,2-4,6-8H2,1H3,(H,17,18)(H2,15,16,19). The van der Waals surface area contributed by atoms with Crippen molar-refractivity contribution < 1.29 is 23.8 Å². The number of urea groups is 1. The fourth-order valence-electron chi connectivity index (χ4n) is 2.28. The molecule has 3 N–H and O–H groups in total. The largest absolute Gasteiger partial charge is 0.478 e. The molecule has 0 radical (unpaired) electrons. The van der Waals surface area contributed by atoms with Crippen molar-refractivity contribution in [2.75, 3.05) is 19.8 Å². The molecule has 7 heteroatoms. The van der Waals surface area contributed by atoms with Crippen LogP contribution < -0.4 is 10.6 Å². The molecule has 0 bridgehead atoms. The highest BCUT2D eigenvalue weighted by molar-refractivity contribution is 5.88. The molecule has 0 aromatic carbocycles. The van der Waals surface area contributed by atoms with Crippen molar-refractivity contribution in [1.82, 2.24) is 10.6 Å². The van der Waals surface area contributed by atoms with Gasteiger partial charge in [-0.25, -0.2) is 9.59 Å². The Morgan fingerprint density at radius 3 is 2.86 bits per heavy atom. The molecule has 2 amide bonds. The van der Waals surface area contributed by atoms with Gasteiger partial charge >= 0.3 is 12.0 Å². The van der Waals surface area contributed by atoms with Crippen molar-refractivity contribution in [3.05, 3.63) is 23.2 Å². The molecule has 21 heavy (non-hydrogen) atoms. The van der Waals surface area contributed by atoms with Gasteiger partial charge in [-0.15, -0.1) is 0 Å². The molecule has 0 aliphatic carbocycles. The summed E-state index contributed by atoms with van der Waals surface area (Å²) in [7, 11) is 0. The highest BCUT2D eigenvalue weighted by Crippen LogP contribution is 2.14. The molecule has 0 spiro atoms. The maximum atomic E-state index is 11.7. The number of carboxylic acid groups (broad SMARTS) is 1. The van der Waals surface area contributed by atoms with Crippen molar-refractivity contribution in [3.63, 3.8) is 0 Å². The first kappa shape index (κ1) is 15.4. The van der Waals surface area contributed by atoms with E-state index in [1.165, 1.54) is 6.07 Å². The summed E-state index contributed by atoms with van der Waals surface area (Å²) in [6.07, 6.45) is 2.08. The van der Waals surface area contributed by atoms with Crippen LogP contribution in [0.2, 0.25) is 0 Å². The van der Waals surface area contributed by atoms with Gasteiger partial charge in [-0.05, 0) is 31.7 Å². The van der Waals surface area contributed by atoms with Gasteiger partial charge in [0, 0.05) is 13.2 Å². The van der Waals surface area contributed by atoms with Gasteiger partial charge in [-0.3, -0.25) is 0 Å². The lowest BCUT2D eigenvalue weighted by Crippen LogP contribution is -2.39. The minimum absolute atomic E-state index is 0.117. The van der Waals surface area contributed by atoms with E-state index in [4.69, 9.17) is 14.3 Å². The number of hydrogen-bond acceptors (Lipinski definition) is 4. The number of carbonyl (C=O) groups excluding carboxylic acids is 1. The van der Waals surface area contributed by atoms with E-state index in [1.807, 2.05) is 0 Å². The number of carboxylic acids is 1. The van der Waals surface area contributed by atoms with Gasteiger partial charge in [0.2, 0.25) is 0 Å². The Balaban J connectivity index is 1.73. The van der Waals surface area contributed by atoms with Gasteiger partial charge in [0.05, 0.1) is 13.2 Å². The lowest BCUT2D eigenvalue weighted by atomic mass is 10.0. The van der Waals surface area contributed by atoms with E-state index in [2.05, 4.69) is 10.6 Å². The van der Waals surface area contributed by atoms with Crippen LogP contribution in [0.3, 0.4) is 0 Å². The van der Waals surface area contributed by atoms with Crippen LogP contribution in [-0.4, -0.2) is 36.9 Å². The molecule has 1 aliphatic rings. The van der Waals surface area contributed by atoms with Crippen molar-refractivity contribution in [1.29, 1.82) is 0 Å². The number of rotatable bonds is 5. The van der Waals surface area contributed by atoms with Crippen molar-refractivity contribution in [2.45, 2.75) is 26.3 Å². The van der Waals surface area contributed by atoms with Crippen LogP contribution in [-0.2, 0) is 11.3 Å². The van der Waals surface area contributed by atoms with E-state index in [0.29, 0.717) is 30.6 Å². The molecule has 116 valence electrons. The fourth-order valence-corrected chi connectivity index (χ4v) is 2.28. The first-order valence-corrected chi connectivity index (χ1v) is 6.98. The number of carbonyl (C=O) groups is 2. The second kappa shape index (κ2) is 7.12. The van der Waals surface area contributed by atoms with Gasteiger partial charge in [0.15, 0.2) is 0 Å². The number of hydrogen-bond donors (Lipinski definition) is 3. The molecular weight excluding hydrogens is 276 g/mol. The van der Waals surface area contributed by atoms with Crippen LogP contribution in [0.15, 0.2) is 10.5 Å². The van der Waals surface area contributed by atoms with E-state index in [-0.39, 0.29) is 18.1 Å². The average Bonchev–Trinajstić information content (AvgIpc) is 2.85. The van der Waals surface area contributed by atoms with E-state index < -0.39 is 5.97 Å². The van der Waals surface area contributed by atoms with Gasteiger partial charge < -0.3 is 24.9 Å². The Hall–Kier alpha value is -2.02. The number of ether oxygens (including phenoxy) is 1. The van der Waals surface area contributed by atoms with Crippen molar-refractivity contribution in [3.8, 4) is 0 Å². The molecule has 1 fully saturated rings. The summed E-state index contributed by atoms with van der Waals surface area (Å²) in [4.78, 5) is 22.5. The van der Waals surface area contributed by atoms with E-state index in [1.54, 1.807) is 6.92 Å². The van der Waals surface area contributed by atoms with Crippen LogP contribution in [0, 0.1) is 12.8 Å². The lowest BCUT2D eigenvalue weighted by molar-refractivity contribution is 0.0557. The molecule has 1 aliphatic heterocycles. The Bertz CT molecular complexity index is 505. The quantitative estimate of drug-likeness (QED) is 0.764. The van der Waals surface area contributed by atoms with Crippen LogP contribution in [0.5, 0.6) is 0 Å². The van der Waals surface area contributed by atoms with Crippen LogP contribution in [0.25, 0.3) is 0 Å². The summed E-state index contributed by atoms with van der Waals surface area (Å²) in [6, 6.07) is 1.12. The topological polar surface area (TPSA) is 101 Å². The van der Waals surface area contributed by atoms with Gasteiger partial charge in [-0.2, -0.15) is 0 Å². The van der Waals surface area contributed by atoms with E-state index >= 15 is 0 Å². The van der Waals surface area contributed by atoms with Crippen LogP contribution >= 0.6 is 0 Å². The first-order chi connectivity index (χ1) is 10.1. The molecule has 2 rings (SSSR count). The van der Waals surface area contributed by atoms with Crippen molar-refractivity contribution in [2.24, 2.45) is 5.92 Å². The number of amides is 2. The van der Waals surface area contributed by atoms with E-state index in [9.17, 15) is 9.59 Å². The molecule has 1 saturated heterocycles. The normalized spacial score (nSPS) is 18.2. The zero-order valence-corrected chi connectivity index (χ0v) is 12.0. The number of aryl methyl sites for hydroxylation is 1. The Morgan fingerprint density at radius 2 is 2.24 bits per heavy atom. The molecule has 1 aromatic heterocycles. The predicted octanol–water partition coefficient (Wildman–Crippen LogP) is 1.51. The molecule has 1 aromatic rings. The molecular formula is C14H20N2O5. The van der Waals surface area contributed by atoms with Crippen LogP contribution in [0.1, 0.15) is 34.7 Å². The molecule has 2 heterocycles. The Morgan fingerprint density at radius 1 is 1.43 bits per heavy atom. The highest BCUT2D eigenvalue weighted by atomic mass is 16.5. The van der Waals surface area contributed by atoms with Gasteiger partial charge in [0.1, 0.15) is 17.1 Å². The minimum atomic E-state index is -1.04. The summed E-state index contributed by atoms with van der Waals surface area (Å²) in [5, 5.41) is 14.3. The maximum Gasteiger partial charge on any atom is 0.339 e. The Kier molecular flexibility index (Phi) is 5.21. The Labute approximate surface area is 122 Å². The SMILES string of the molecule is Cc1oc(CNC(=O)NCC2CCCOC2)cc1C(=O)O. The fraction of sp³-hybridized carbons (Fsp3) is 0.571. The minimum Gasteiger partial charge on any atom is -0.478 e. The number of furan rings is 1. The molecule has 0 saturated carbocycles. The van der Waals surface area contributed by atoms with Gasteiger partial charge in [0.25, 0.3) is 0 Å². The molecule has 1 atom stereocenters. The summed E-state index contributed by atoms with van der Waals surface area (Å²) < 4.78 is 10.6. The number of aromatic carboxylic acids is 1. The summed E-state index contributed by atoms with van der Waals surface area (Å²) in [5.74, 6) is 0.0679. The first-order valence-electron chi connectivity index (χ1n) is 6.98. The monoisotopic (exact) mass is 296 g/mol. The summed E-state index contributed by atoms with van der Waals surface area (Å²) in [6.45, 7) is 3.78. The average molecular weight is 296 g/mol. The smallest absolute Gasteiger partial charge is 0.339 e. The predicted molar refractivity (Wildman–Crippen MR) is 74.2 cm³/mol. The highest BCUT2D eigenvalue weighted by Gasteiger charge is 2.16. The maximum absolute atomic E-state index is 11.7. The van der Waals surface area contributed by atoms with Crippen molar-refractivity contribution >= 4 is 12.0 Å². The summed E-state index contributed by atoms with van der Waals surface area (Å²) in [5.41, 5.74) is 0.117. The number of nitrogens with one attached hydrogen (secondary N) is 2. The third kappa shape index (κ3) is 4.49. The molecule has 7 nitrogen and oxygen atoms in total. The van der Waals surface area contributed by atoms with Crippen LogP contribution in [0.4, 0.5) is 4.79 Å². The second-order valence-corrected chi connectivity index (χ2v) is 5.13. The molecule has 1 unspecified atom stereocenters. The lowest BCUT2D eigenvalue weighted by Gasteiger charge is -2.22. The zero-order chi connectivity index (χ0) is 15.2. The second-order valence-electron chi connectivity index (χ2n) is 5.13.